The second-order valence-electron chi connectivity index (χ2n) is 4.25. The molecule has 1 saturated carbocycles. The maximum Gasteiger partial charge on any atom is 0.214 e. The van der Waals surface area contributed by atoms with Gasteiger partial charge in [0.15, 0.2) is 5.82 Å². The van der Waals surface area contributed by atoms with Crippen LogP contribution in [0.1, 0.15) is 18.9 Å². The molecule has 6 nitrogen and oxygen atoms in total. The Bertz CT molecular complexity index is 641. The van der Waals surface area contributed by atoms with Gasteiger partial charge < -0.3 is 11.5 Å². The van der Waals surface area contributed by atoms with Crippen molar-refractivity contribution in [3.05, 3.63) is 16.9 Å². The van der Waals surface area contributed by atoms with Crippen LogP contribution in [0.4, 0.5) is 15.8 Å². The van der Waals surface area contributed by atoms with Crippen LogP contribution in [0.25, 0.3) is 0 Å². The van der Waals surface area contributed by atoms with Crippen LogP contribution in [0.2, 0.25) is 5.02 Å². The van der Waals surface area contributed by atoms with Gasteiger partial charge >= 0.3 is 0 Å². The van der Waals surface area contributed by atoms with Crippen molar-refractivity contribution in [1.82, 2.24) is 20.2 Å². The van der Waals surface area contributed by atoms with Gasteiger partial charge in [0.1, 0.15) is 5.02 Å². The molecule has 1 fully saturated rings. The molecular formula is C10H10ClFN6S. The average Bonchev–Trinajstić information content (AvgIpc) is 3.12. The van der Waals surface area contributed by atoms with E-state index < -0.39 is 5.82 Å². The van der Waals surface area contributed by atoms with E-state index in [1.54, 1.807) is 4.68 Å². The van der Waals surface area contributed by atoms with Crippen LogP contribution in [0, 0.1) is 5.82 Å². The summed E-state index contributed by atoms with van der Waals surface area (Å²) in [4.78, 5) is 0.191. The molecule has 4 N–H and O–H groups in total. The Labute approximate surface area is 117 Å². The lowest BCUT2D eigenvalue weighted by atomic mass is 10.3. The highest BCUT2D eigenvalue weighted by atomic mass is 35.5. The fourth-order valence-corrected chi connectivity index (χ4v) is 2.76. The summed E-state index contributed by atoms with van der Waals surface area (Å²) < 4.78 is 15.7. The van der Waals surface area contributed by atoms with Crippen molar-refractivity contribution in [3.8, 4) is 0 Å². The zero-order valence-corrected chi connectivity index (χ0v) is 11.2. The van der Waals surface area contributed by atoms with E-state index in [-0.39, 0.29) is 21.3 Å². The number of rotatable bonds is 3. The minimum atomic E-state index is -0.644. The molecule has 0 aliphatic heterocycles. The van der Waals surface area contributed by atoms with E-state index in [1.165, 1.54) is 6.07 Å². The fraction of sp³-hybridized carbons (Fsp3) is 0.300. The quantitative estimate of drug-likeness (QED) is 0.843. The monoisotopic (exact) mass is 300 g/mol. The summed E-state index contributed by atoms with van der Waals surface area (Å²) in [5.41, 5.74) is 11.6. The number of nitrogens with two attached hydrogens (primary N) is 2. The zero-order valence-electron chi connectivity index (χ0n) is 9.68. The lowest BCUT2D eigenvalue weighted by Crippen LogP contribution is -2.01. The standard InChI is InChI=1S/C10H10ClFN6S/c11-7-5(13)3-6(14)9(8(7)12)19-10-15-16-17-18(10)4-1-2-4/h3-4H,1-2,13-14H2. The summed E-state index contributed by atoms with van der Waals surface area (Å²) in [6.07, 6.45) is 2.05. The Morgan fingerprint density at radius 1 is 1.37 bits per heavy atom. The lowest BCUT2D eigenvalue weighted by molar-refractivity contribution is 0.563. The van der Waals surface area contributed by atoms with Gasteiger partial charge in [0.25, 0.3) is 0 Å². The molecule has 2 aromatic rings. The third kappa shape index (κ3) is 2.21. The van der Waals surface area contributed by atoms with E-state index in [4.69, 9.17) is 23.1 Å². The van der Waals surface area contributed by atoms with Gasteiger partial charge in [-0.3, -0.25) is 0 Å². The molecule has 1 aromatic heterocycles. The summed E-state index contributed by atoms with van der Waals surface area (Å²) in [5, 5.41) is 11.7. The third-order valence-corrected chi connectivity index (χ3v) is 4.22. The predicted octanol–water partition coefficient (Wildman–Crippen LogP) is 2.12. The molecule has 0 atom stereocenters. The maximum absolute atomic E-state index is 14.1. The van der Waals surface area contributed by atoms with Gasteiger partial charge in [-0.1, -0.05) is 11.6 Å². The summed E-state index contributed by atoms with van der Waals surface area (Å²) >= 11 is 6.83. The third-order valence-electron chi connectivity index (χ3n) is 2.77. The second-order valence-corrected chi connectivity index (χ2v) is 5.61. The van der Waals surface area contributed by atoms with E-state index in [1.807, 2.05) is 0 Å². The highest BCUT2D eigenvalue weighted by molar-refractivity contribution is 7.99. The molecule has 1 aromatic carbocycles. The highest BCUT2D eigenvalue weighted by Crippen LogP contribution is 2.42. The van der Waals surface area contributed by atoms with E-state index in [9.17, 15) is 4.39 Å². The Balaban J connectivity index is 1.99. The van der Waals surface area contributed by atoms with E-state index in [0.29, 0.717) is 11.2 Å². The van der Waals surface area contributed by atoms with Crippen LogP contribution in [0.5, 0.6) is 0 Å². The second kappa shape index (κ2) is 4.53. The van der Waals surface area contributed by atoms with E-state index in [0.717, 1.165) is 24.6 Å². The molecule has 100 valence electrons. The summed E-state index contributed by atoms with van der Waals surface area (Å²) in [5.74, 6) is -0.644. The van der Waals surface area contributed by atoms with Crippen molar-refractivity contribution in [2.75, 3.05) is 11.5 Å². The molecule has 0 saturated heterocycles. The maximum atomic E-state index is 14.1. The summed E-state index contributed by atoms with van der Waals surface area (Å²) in [6, 6.07) is 1.73. The van der Waals surface area contributed by atoms with Gasteiger partial charge in [0.2, 0.25) is 5.16 Å². The fourth-order valence-electron chi connectivity index (χ4n) is 1.65. The van der Waals surface area contributed by atoms with E-state index in [2.05, 4.69) is 15.5 Å². The van der Waals surface area contributed by atoms with Gasteiger partial charge in [0.05, 0.1) is 22.3 Å². The van der Waals surface area contributed by atoms with Crippen LogP contribution in [-0.2, 0) is 0 Å². The molecule has 0 radical (unpaired) electrons. The molecule has 0 amide bonds. The van der Waals surface area contributed by atoms with Crippen molar-refractivity contribution >= 4 is 34.7 Å². The molecule has 1 aliphatic rings. The number of nitrogens with zero attached hydrogens (tertiary/aromatic N) is 4. The Hall–Kier alpha value is -1.54. The number of nitrogen functional groups attached to an aromatic ring is 2. The van der Waals surface area contributed by atoms with E-state index >= 15 is 0 Å². The number of hydrogen-bond acceptors (Lipinski definition) is 6. The van der Waals surface area contributed by atoms with Crippen LogP contribution in [0.15, 0.2) is 16.1 Å². The van der Waals surface area contributed by atoms with Crippen molar-refractivity contribution in [2.24, 2.45) is 0 Å². The Kier molecular flexibility index (Phi) is 2.98. The summed E-state index contributed by atoms with van der Waals surface area (Å²) in [6.45, 7) is 0. The first kappa shape index (κ1) is 12.5. The lowest BCUT2D eigenvalue weighted by Gasteiger charge is -2.09. The largest absolute Gasteiger partial charge is 0.398 e. The zero-order chi connectivity index (χ0) is 13.6. The first-order chi connectivity index (χ1) is 9.08. The normalized spacial score (nSPS) is 14.8. The van der Waals surface area contributed by atoms with Crippen LogP contribution in [-0.4, -0.2) is 20.2 Å². The summed E-state index contributed by atoms with van der Waals surface area (Å²) in [7, 11) is 0. The number of aromatic nitrogens is 4. The van der Waals surface area contributed by atoms with Gasteiger partial charge in [-0.15, -0.1) is 5.10 Å². The Morgan fingerprint density at radius 2 is 2.11 bits per heavy atom. The van der Waals surface area contributed by atoms with Crippen LogP contribution in [0.3, 0.4) is 0 Å². The highest BCUT2D eigenvalue weighted by Gasteiger charge is 2.29. The minimum Gasteiger partial charge on any atom is -0.398 e. The smallest absolute Gasteiger partial charge is 0.214 e. The minimum absolute atomic E-state index is 0.114. The van der Waals surface area contributed by atoms with Crippen molar-refractivity contribution in [2.45, 2.75) is 28.9 Å². The van der Waals surface area contributed by atoms with Gasteiger partial charge in [0, 0.05) is 0 Å². The molecule has 0 unspecified atom stereocenters. The molecular weight excluding hydrogens is 291 g/mol. The number of tetrazole rings is 1. The molecule has 19 heavy (non-hydrogen) atoms. The number of halogens is 2. The van der Waals surface area contributed by atoms with Gasteiger partial charge in [-0.05, 0) is 41.1 Å². The van der Waals surface area contributed by atoms with Crippen LogP contribution >= 0.6 is 23.4 Å². The van der Waals surface area contributed by atoms with Crippen molar-refractivity contribution < 1.29 is 4.39 Å². The van der Waals surface area contributed by atoms with Crippen molar-refractivity contribution in [3.63, 3.8) is 0 Å². The SMILES string of the molecule is Nc1cc(N)c(Sc2nnnn2C2CC2)c(F)c1Cl. The molecule has 1 aliphatic carbocycles. The predicted molar refractivity (Wildman–Crippen MR) is 70.4 cm³/mol. The molecule has 9 heteroatoms. The molecule has 0 spiro atoms. The van der Waals surface area contributed by atoms with Crippen molar-refractivity contribution in [1.29, 1.82) is 0 Å². The first-order valence-electron chi connectivity index (χ1n) is 5.56. The van der Waals surface area contributed by atoms with Gasteiger partial charge in [-0.25, -0.2) is 9.07 Å². The number of benzene rings is 1. The molecule has 3 rings (SSSR count). The van der Waals surface area contributed by atoms with Gasteiger partial charge in [-0.2, -0.15) is 0 Å². The molecule has 1 heterocycles. The molecule has 0 bridgehead atoms. The Morgan fingerprint density at radius 3 is 2.79 bits per heavy atom. The first-order valence-corrected chi connectivity index (χ1v) is 6.76. The van der Waals surface area contributed by atoms with Crippen LogP contribution < -0.4 is 11.5 Å². The number of anilines is 2. The topological polar surface area (TPSA) is 95.6 Å². The number of hydrogen-bond donors (Lipinski definition) is 2. The average molecular weight is 301 g/mol.